The molecule has 4 aromatic rings. The molecule has 0 saturated carbocycles. The Morgan fingerprint density at radius 3 is 2.35 bits per heavy atom. The highest BCUT2D eigenvalue weighted by atomic mass is 16.5. The lowest BCUT2D eigenvalue weighted by atomic mass is 9.87. The van der Waals surface area contributed by atoms with Crippen molar-refractivity contribution < 1.29 is 28.5 Å². The van der Waals surface area contributed by atoms with E-state index in [4.69, 9.17) is 23.7 Å². The van der Waals surface area contributed by atoms with Gasteiger partial charge in [-0.25, -0.2) is 9.78 Å². The van der Waals surface area contributed by atoms with Gasteiger partial charge in [0.1, 0.15) is 5.82 Å². The van der Waals surface area contributed by atoms with Crippen LogP contribution >= 0.6 is 0 Å². The standard InChI is InChI=1S/C33H38N4O6/c1-39-27-12-10-23(31(42-4)32(27)43-5)18-26-24-20-29(41-3)28(40-2)19-22(24)14-16-37(26)17-15-34-33(38)36-30-13-11-21-8-6-7-9-25(21)35-30/h6-13,19-20,26H,14-18H2,1-5H3,(H2,34,35,36,38). The SMILES string of the molecule is COc1cc2c(cc1OC)C(Cc1ccc(OC)c(OC)c1OC)N(CCNC(=O)Nc1ccc3ccccc3n1)CC2. The third kappa shape index (κ3) is 6.39. The second-order valence-electron chi connectivity index (χ2n) is 10.2. The van der Waals surface area contributed by atoms with Crippen LogP contribution < -0.4 is 34.3 Å². The number of rotatable bonds is 11. The van der Waals surface area contributed by atoms with Crippen LogP contribution in [-0.4, -0.2) is 71.1 Å². The third-order valence-electron chi connectivity index (χ3n) is 7.84. The number of pyridine rings is 1. The van der Waals surface area contributed by atoms with Gasteiger partial charge in [-0.2, -0.15) is 0 Å². The number of para-hydroxylation sites is 1. The predicted molar refractivity (Wildman–Crippen MR) is 166 cm³/mol. The van der Waals surface area contributed by atoms with Crippen LogP contribution in [0.1, 0.15) is 22.7 Å². The fourth-order valence-corrected chi connectivity index (χ4v) is 5.73. The van der Waals surface area contributed by atoms with Crippen molar-refractivity contribution in [1.82, 2.24) is 15.2 Å². The summed E-state index contributed by atoms with van der Waals surface area (Å²) >= 11 is 0. The van der Waals surface area contributed by atoms with Crippen LogP contribution in [0.15, 0.2) is 60.7 Å². The number of fused-ring (bicyclic) bond motifs is 2. The van der Waals surface area contributed by atoms with Gasteiger partial charge >= 0.3 is 6.03 Å². The number of aromatic nitrogens is 1. The Hall–Kier alpha value is -4.70. The van der Waals surface area contributed by atoms with Gasteiger partial charge < -0.3 is 29.0 Å². The minimum Gasteiger partial charge on any atom is -0.493 e. The van der Waals surface area contributed by atoms with Crippen LogP contribution in [0.4, 0.5) is 10.6 Å². The normalized spacial score (nSPS) is 14.5. The van der Waals surface area contributed by atoms with E-state index in [-0.39, 0.29) is 12.1 Å². The number of nitrogens with zero attached hydrogens (tertiary/aromatic N) is 2. The lowest BCUT2D eigenvalue weighted by Gasteiger charge is -2.38. The molecule has 2 N–H and O–H groups in total. The van der Waals surface area contributed by atoms with E-state index in [0.717, 1.165) is 35.0 Å². The maximum absolute atomic E-state index is 12.8. The van der Waals surface area contributed by atoms with E-state index >= 15 is 0 Å². The average molecular weight is 587 g/mol. The van der Waals surface area contributed by atoms with Crippen LogP contribution in [0.25, 0.3) is 10.9 Å². The Balaban J connectivity index is 1.36. The number of nitrogens with one attached hydrogen (secondary N) is 2. The van der Waals surface area contributed by atoms with Gasteiger partial charge in [0.25, 0.3) is 0 Å². The monoisotopic (exact) mass is 586 g/mol. The quantitative estimate of drug-likeness (QED) is 0.246. The van der Waals surface area contributed by atoms with Crippen molar-refractivity contribution in [2.24, 2.45) is 0 Å². The molecular formula is C33H38N4O6. The zero-order valence-corrected chi connectivity index (χ0v) is 25.2. The summed E-state index contributed by atoms with van der Waals surface area (Å²) in [7, 11) is 8.14. The van der Waals surface area contributed by atoms with Gasteiger partial charge in [0.15, 0.2) is 23.0 Å². The van der Waals surface area contributed by atoms with Crippen molar-refractivity contribution in [3.05, 3.63) is 77.4 Å². The van der Waals surface area contributed by atoms with Crippen LogP contribution in [-0.2, 0) is 12.8 Å². The first-order valence-corrected chi connectivity index (χ1v) is 14.2. The molecule has 1 aromatic heterocycles. The molecule has 10 nitrogen and oxygen atoms in total. The first-order chi connectivity index (χ1) is 21.0. The lowest BCUT2D eigenvalue weighted by molar-refractivity contribution is 0.182. The molecular weight excluding hydrogens is 548 g/mol. The molecule has 1 aliphatic heterocycles. The summed E-state index contributed by atoms with van der Waals surface area (Å²) in [6, 6.07) is 19.2. The van der Waals surface area contributed by atoms with E-state index in [1.165, 1.54) is 5.56 Å². The molecule has 2 heterocycles. The summed E-state index contributed by atoms with van der Waals surface area (Å²) in [5.74, 6) is 3.67. The Bertz CT molecular complexity index is 1590. The molecule has 2 amide bonds. The van der Waals surface area contributed by atoms with Crippen LogP contribution in [0, 0.1) is 0 Å². The van der Waals surface area contributed by atoms with Gasteiger partial charge in [-0.15, -0.1) is 0 Å². The number of benzene rings is 3. The Morgan fingerprint density at radius 1 is 0.860 bits per heavy atom. The summed E-state index contributed by atoms with van der Waals surface area (Å²) in [5.41, 5.74) is 4.15. The molecule has 1 atom stereocenters. The molecule has 1 unspecified atom stereocenters. The molecule has 0 fully saturated rings. The average Bonchev–Trinajstić information content (AvgIpc) is 3.04. The summed E-state index contributed by atoms with van der Waals surface area (Å²) in [6.45, 7) is 1.88. The second-order valence-corrected chi connectivity index (χ2v) is 10.2. The van der Waals surface area contributed by atoms with Crippen molar-refractivity contribution in [1.29, 1.82) is 0 Å². The second kappa shape index (κ2) is 13.5. The number of methoxy groups -OCH3 is 5. The van der Waals surface area contributed by atoms with Gasteiger partial charge in [-0.05, 0) is 60.4 Å². The first kappa shape index (κ1) is 29.8. The zero-order chi connectivity index (χ0) is 30.3. The zero-order valence-electron chi connectivity index (χ0n) is 25.2. The molecule has 1 aliphatic rings. The number of urea groups is 1. The Morgan fingerprint density at radius 2 is 1.60 bits per heavy atom. The predicted octanol–water partition coefficient (Wildman–Crippen LogP) is 5.24. The summed E-state index contributed by atoms with van der Waals surface area (Å²) < 4.78 is 28.2. The molecule has 3 aromatic carbocycles. The fraction of sp³-hybridized carbons (Fsp3) is 0.333. The summed E-state index contributed by atoms with van der Waals surface area (Å²) in [5, 5.41) is 6.87. The topological polar surface area (TPSA) is 103 Å². The number of ether oxygens (including phenoxy) is 5. The first-order valence-electron chi connectivity index (χ1n) is 14.2. The highest BCUT2D eigenvalue weighted by Gasteiger charge is 2.31. The molecule has 0 saturated heterocycles. The summed E-state index contributed by atoms with van der Waals surface area (Å²) in [4.78, 5) is 19.7. The molecule has 43 heavy (non-hydrogen) atoms. The number of hydrogen-bond acceptors (Lipinski definition) is 8. The van der Waals surface area contributed by atoms with E-state index < -0.39 is 0 Å². The number of carbonyl (C=O) groups is 1. The molecule has 0 spiro atoms. The van der Waals surface area contributed by atoms with Crippen molar-refractivity contribution in [2.75, 3.05) is 60.5 Å². The van der Waals surface area contributed by atoms with E-state index in [2.05, 4.69) is 32.7 Å². The smallest absolute Gasteiger partial charge is 0.320 e. The van der Waals surface area contributed by atoms with Crippen molar-refractivity contribution in [2.45, 2.75) is 18.9 Å². The molecule has 0 radical (unpaired) electrons. The van der Waals surface area contributed by atoms with Gasteiger partial charge in [0.2, 0.25) is 5.75 Å². The van der Waals surface area contributed by atoms with Gasteiger partial charge in [-0.3, -0.25) is 10.2 Å². The van der Waals surface area contributed by atoms with Crippen molar-refractivity contribution >= 4 is 22.8 Å². The summed E-state index contributed by atoms with van der Waals surface area (Å²) in [6.07, 6.45) is 1.47. The van der Waals surface area contributed by atoms with Crippen LogP contribution in [0.2, 0.25) is 0 Å². The number of amides is 2. The van der Waals surface area contributed by atoms with Gasteiger partial charge in [-0.1, -0.05) is 24.3 Å². The maximum atomic E-state index is 12.8. The number of hydrogen-bond donors (Lipinski definition) is 2. The van der Waals surface area contributed by atoms with E-state index in [9.17, 15) is 4.79 Å². The number of carbonyl (C=O) groups excluding carboxylic acids is 1. The van der Waals surface area contributed by atoms with Crippen LogP contribution in [0.3, 0.4) is 0 Å². The molecule has 226 valence electrons. The Kier molecular flexibility index (Phi) is 9.36. The fourth-order valence-electron chi connectivity index (χ4n) is 5.73. The van der Waals surface area contributed by atoms with Crippen molar-refractivity contribution in [3.8, 4) is 28.7 Å². The molecule has 0 bridgehead atoms. The largest absolute Gasteiger partial charge is 0.493 e. The minimum absolute atomic E-state index is 0.0254. The number of anilines is 1. The Labute approximate surface area is 251 Å². The highest BCUT2D eigenvalue weighted by molar-refractivity contribution is 5.90. The van der Waals surface area contributed by atoms with Crippen LogP contribution in [0.5, 0.6) is 28.7 Å². The molecule has 0 aliphatic carbocycles. The minimum atomic E-state index is -0.301. The third-order valence-corrected chi connectivity index (χ3v) is 7.84. The maximum Gasteiger partial charge on any atom is 0.320 e. The van der Waals surface area contributed by atoms with Gasteiger partial charge in [0, 0.05) is 36.6 Å². The van der Waals surface area contributed by atoms with Gasteiger partial charge in [0.05, 0.1) is 41.1 Å². The van der Waals surface area contributed by atoms with Crippen molar-refractivity contribution in [3.63, 3.8) is 0 Å². The highest BCUT2D eigenvalue weighted by Crippen LogP contribution is 2.44. The van der Waals surface area contributed by atoms with E-state index in [1.807, 2.05) is 42.5 Å². The molecule has 5 rings (SSSR count). The van der Waals surface area contributed by atoms with E-state index in [1.54, 1.807) is 41.6 Å². The molecule has 10 heteroatoms. The lowest BCUT2D eigenvalue weighted by Crippen LogP contribution is -2.42. The van der Waals surface area contributed by atoms with E-state index in [0.29, 0.717) is 54.1 Å².